The number of nitrogens with zero attached hydrogens (tertiary/aromatic N) is 1. The first-order valence-corrected chi connectivity index (χ1v) is 10.8. The number of nitrogens with one attached hydrogen (secondary N) is 1. The van der Waals surface area contributed by atoms with Gasteiger partial charge in [0.05, 0.1) is 10.6 Å². The summed E-state index contributed by atoms with van der Waals surface area (Å²) in [6.07, 6.45) is 2.74. The second kappa shape index (κ2) is 8.94. The normalized spacial score (nSPS) is 15.7. The molecule has 134 valence electrons. The number of carbonyl (C=O) groups excluding carboxylic acids is 2. The van der Waals surface area contributed by atoms with E-state index in [1.807, 2.05) is 47.9 Å². The Hall–Kier alpha value is -1.48. The van der Waals surface area contributed by atoms with Crippen molar-refractivity contribution in [3.63, 3.8) is 0 Å². The molecular formula is C18H15BrN2O2S3. The third-order valence-electron chi connectivity index (χ3n) is 3.62. The molecule has 0 spiro atoms. The van der Waals surface area contributed by atoms with Crippen molar-refractivity contribution >= 4 is 79.1 Å². The summed E-state index contributed by atoms with van der Waals surface area (Å²) in [6, 6.07) is 11.4. The molecule has 2 heterocycles. The van der Waals surface area contributed by atoms with Gasteiger partial charge in [-0.25, -0.2) is 0 Å². The average Bonchev–Trinajstić information content (AvgIpc) is 3.21. The Morgan fingerprint density at radius 3 is 2.81 bits per heavy atom. The SMILES string of the molecule is O=C(CCCN1C(=O)/C(=C/c2cccs2)SC1=S)Nc1ccccc1Br. The minimum Gasteiger partial charge on any atom is -0.325 e. The topological polar surface area (TPSA) is 49.4 Å². The maximum Gasteiger partial charge on any atom is 0.266 e. The maximum absolute atomic E-state index is 12.5. The molecule has 1 saturated heterocycles. The number of rotatable bonds is 6. The lowest BCUT2D eigenvalue weighted by atomic mass is 10.2. The summed E-state index contributed by atoms with van der Waals surface area (Å²) in [5.41, 5.74) is 0.738. The summed E-state index contributed by atoms with van der Waals surface area (Å²) in [7, 11) is 0. The first-order chi connectivity index (χ1) is 12.5. The molecule has 4 nitrogen and oxygen atoms in total. The molecule has 1 N–H and O–H groups in total. The predicted octanol–water partition coefficient (Wildman–Crippen LogP) is 5.13. The van der Waals surface area contributed by atoms with Gasteiger partial charge >= 0.3 is 0 Å². The zero-order chi connectivity index (χ0) is 18.5. The Morgan fingerprint density at radius 1 is 1.27 bits per heavy atom. The Morgan fingerprint density at radius 2 is 2.08 bits per heavy atom. The monoisotopic (exact) mass is 466 g/mol. The minimum atomic E-state index is -0.0866. The molecule has 8 heteroatoms. The van der Waals surface area contributed by atoms with Crippen LogP contribution in [-0.2, 0) is 9.59 Å². The largest absolute Gasteiger partial charge is 0.325 e. The van der Waals surface area contributed by atoms with Crippen LogP contribution in [0.4, 0.5) is 5.69 Å². The molecule has 26 heavy (non-hydrogen) atoms. The lowest BCUT2D eigenvalue weighted by molar-refractivity contribution is -0.122. The van der Waals surface area contributed by atoms with Gasteiger partial charge in [0.2, 0.25) is 5.91 Å². The minimum absolute atomic E-state index is 0.0837. The highest BCUT2D eigenvalue weighted by atomic mass is 79.9. The second-order valence-corrected chi connectivity index (χ2v) is 8.99. The molecule has 1 fully saturated rings. The molecule has 1 aliphatic heterocycles. The molecule has 0 radical (unpaired) electrons. The Labute approximate surface area is 173 Å². The summed E-state index contributed by atoms with van der Waals surface area (Å²) in [5, 5.41) is 4.83. The van der Waals surface area contributed by atoms with Crippen LogP contribution in [0.1, 0.15) is 17.7 Å². The van der Waals surface area contributed by atoms with Crippen LogP contribution in [-0.4, -0.2) is 27.6 Å². The molecule has 2 amide bonds. The standard InChI is InChI=1S/C18H15BrN2O2S3/c19-13-6-1-2-7-14(13)20-16(22)8-3-9-21-17(23)15(26-18(21)24)11-12-5-4-10-25-12/h1-2,4-7,10-11H,3,8-9H2,(H,20,22)/b15-11-. The molecule has 0 unspecified atom stereocenters. The molecule has 1 aliphatic rings. The van der Waals surface area contributed by atoms with Crippen molar-refractivity contribution in [3.05, 3.63) is 56.0 Å². The van der Waals surface area contributed by atoms with Crippen molar-refractivity contribution in [1.82, 2.24) is 4.90 Å². The van der Waals surface area contributed by atoms with Gasteiger partial charge < -0.3 is 5.32 Å². The van der Waals surface area contributed by atoms with E-state index >= 15 is 0 Å². The molecule has 3 rings (SSSR count). The van der Waals surface area contributed by atoms with E-state index in [-0.39, 0.29) is 11.8 Å². The molecule has 0 aliphatic carbocycles. The zero-order valence-corrected chi connectivity index (χ0v) is 17.6. The number of carbonyl (C=O) groups is 2. The van der Waals surface area contributed by atoms with Crippen LogP contribution in [0.5, 0.6) is 0 Å². The maximum atomic E-state index is 12.5. The fourth-order valence-corrected chi connectivity index (χ4v) is 4.78. The summed E-state index contributed by atoms with van der Waals surface area (Å²) in [5.74, 6) is -0.170. The Balaban J connectivity index is 1.52. The van der Waals surface area contributed by atoms with Crippen LogP contribution in [0.15, 0.2) is 51.2 Å². The van der Waals surface area contributed by atoms with Gasteiger partial charge in [-0.15, -0.1) is 11.3 Å². The highest BCUT2D eigenvalue weighted by Crippen LogP contribution is 2.33. The number of benzene rings is 1. The summed E-state index contributed by atoms with van der Waals surface area (Å²) in [6.45, 7) is 0.440. The number of halogens is 1. The van der Waals surface area contributed by atoms with E-state index in [9.17, 15) is 9.59 Å². The lowest BCUT2D eigenvalue weighted by Crippen LogP contribution is -2.29. The fraction of sp³-hybridized carbons (Fsp3) is 0.167. The van der Waals surface area contributed by atoms with Gasteiger partial charge in [0.1, 0.15) is 4.32 Å². The fourth-order valence-electron chi connectivity index (χ4n) is 2.37. The molecular weight excluding hydrogens is 452 g/mol. The van der Waals surface area contributed by atoms with Crippen LogP contribution in [0.25, 0.3) is 6.08 Å². The third-order valence-corrected chi connectivity index (χ3v) is 6.51. The van der Waals surface area contributed by atoms with Crippen LogP contribution < -0.4 is 5.32 Å². The van der Waals surface area contributed by atoms with Crippen molar-refractivity contribution in [2.45, 2.75) is 12.8 Å². The quantitative estimate of drug-likeness (QED) is 0.473. The molecule has 1 aromatic carbocycles. The van der Waals surface area contributed by atoms with Crippen molar-refractivity contribution in [1.29, 1.82) is 0 Å². The zero-order valence-electron chi connectivity index (χ0n) is 13.6. The second-order valence-electron chi connectivity index (χ2n) is 5.48. The van der Waals surface area contributed by atoms with Crippen molar-refractivity contribution < 1.29 is 9.59 Å². The van der Waals surface area contributed by atoms with E-state index in [0.717, 1.165) is 15.0 Å². The predicted molar refractivity (Wildman–Crippen MR) is 116 cm³/mol. The van der Waals surface area contributed by atoms with Gasteiger partial charge in [0.15, 0.2) is 0 Å². The lowest BCUT2D eigenvalue weighted by Gasteiger charge is -2.14. The van der Waals surface area contributed by atoms with E-state index in [2.05, 4.69) is 21.2 Å². The summed E-state index contributed by atoms with van der Waals surface area (Å²) >= 11 is 11.6. The number of para-hydroxylation sites is 1. The van der Waals surface area contributed by atoms with Gasteiger partial charge in [-0.3, -0.25) is 14.5 Å². The smallest absolute Gasteiger partial charge is 0.266 e. The summed E-state index contributed by atoms with van der Waals surface area (Å²) in [4.78, 5) is 27.8. The number of thiocarbonyl (C=S) groups is 1. The van der Waals surface area contributed by atoms with E-state index in [0.29, 0.717) is 28.6 Å². The average molecular weight is 467 g/mol. The van der Waals surface area contributed by atoms with E-state index in [4.69, 9.17) is 12.2 Å². The van der Waals surface area contributed by atoms with E-state index < -0.39 is 0 Å². The van der Waals surface area contributed by atoms with E-state index in [1.165, 1.54) is 11.8 Å². The number of anilines is 1. The number of hydrogen-bond acceptors (Lipinski definition) is 5. The van der Waals surface area contributed by atoms with Gasteiger partial charge in [0, 0.05) is 22.3 Å². The number of thioether (sulfide) groups is 1. The molecule has 0 bridgehead atoms. The van der Waals surface area contributed by atoms with Crippen molar-refractivity contribution in [3.8, 4) is 0 Å². The highest BCUT2D eigenvalue weighted by molar-refractivity contribution is 9.10. The number of thiophene rings is 1. The highest BCUT2D eigenvalue weighted by Gasteiger charge is 2.31. The van der Waals surface area contributed by atoms with Crippen molar-refractivity contribution in [2.24, 2.45) is 0 Å². The van der Waals surface area contributed by atoms with E-state index in [1.54, 1.807) is 16.2 Å². The van der Waals surface area contributed by atoms with Gasteiger partial charge in [-0.05, 0) is 52.0 Å². The molecule has 1 aromatic heterocycles. The number of amides is 2. The van der Waals surface area contributed by atoms with Crippen LogP contribution in [0.3, 0.4) is 0 Å². The Kier molecular flexibility index (Phi) is 6.63. The first kappa shape index (κ1) is 19.3. The number of hydrogen-bond donors (Lipinski definition) is 1. The summed E-state index contributed by atoms with van der Waals surface area (Å²) < 4.78 is 1.38. The Bertz CT molecular complexity index is 865. The van der Waals surface area contributed by atoms with Crippen LogP contribution >= 0.6 is 51.2 Å². The van der Waals surface area contributed by atoms with Gasteiger partial charge in [0.25, 0.3) is 5.91 Å². The van der Waals surface area contributed by atoms with Gasteiger partial charge in [-0.2, -0.15) is 0 Å². The third kappa shape index (κ3) is 4.82. The molecule has 0 atom stereocenters. The molecule has 2 aromatic rings. The molecule has 0 saturated carbocycles. The van der Waals surface area contributed by atoms with Crippen molar-refractivity contribution in [2.75, 3.05) is 11.9 Å². The van der Waals surface area contributed by atoms with Crippen LogP contribution in [0, 0.1) is 0 Å². The first-order valence-electron chi connectivity index (χ1n) is 7.88. The van der Waals surface area contributed by atoms with Gasteiger partial charge in [-0.1, -0.05) is 42.2 Å². The van der Waals surface area contributed by atoms with Crippen LogP contribution in [0.2, 0.25) is 0 Å².